The van der Waals surface area contributed by atoms with Crippen LogP contribution in [0.4, 0.5) is 9.59 Å². The van der Waals surface area contributed by atoms with Gasteiger partial charge in [0.25, 0.3) is 0 Å². The van der Waals surface area contributed by atoms with Crippen LogP contribution in [0.5, 0.6) is 0 Å². The van der Waals surface area contributed by atoms with E-state index in [-0.39, 0.29) is 0 Å². The molecule has 0 radical (unpaired) electrons. The summed E-state index contributed by atoms with van der Waals surface area (Å²) < 4.78 is 9.07. The summed E-state index contributed by atoms with van der Waals surface area (Å²) in [6.07, 6.45) is -1.40. The molecule has 6 nitrogen and oxygen atoms in total. The lowest BCUT2D eigenvalue weighted by molar-refractivity contribution is -0.0576. The van der Waals surface area contributed by atoms with Gasteiger partial charge in [-0.25, -0.2) is 9.59 Å². The predicted molar refractivity (Wildman–Crippen MR) is 44.3 cm³/mol. The Labute approximate surface area is 80.4 Å². The van der Waals surface area contributed by atoms with E-state index in [4.69, 9.17) is 10.2 Å². The van der Waals surface area contributed by atoms with E-state index in [1.165, 1.54) is 0 Å². The third-order valence-corrected chi connectivity index (χ3v) is 2.15. The SMILES string of the molecule is O=C(O)O[C@@H]1CCCC[C@H]1OC(=O)O. The molecule has 0 aromatic heterocycles. The number of ether oxygens (including phenoxy) is 2. The first kappa shape index (κ1) is 10.6. The van der Waals surface area contributed by atoms with Gasteiger partial charge in [-0.2, -0.15) is 0 Å². The van der Waals surface area contributed by atoms with Crippen LogP contribution in [0.1, 0.15) is 25.7 Å². The van der Waals surface area contributed by atoms with Crippen LogP contribution in [0.25, 0.3) is 0 Å². The molecular formula is C8H12O6. The van der Waals surface area contributed by atoms with E-state index in [0.717, 1.165) is 12.8 Å². The minimum absolute atomic E-state index is 0.518. The maximum Gasteiger partial charge on any atom is 0.506 e. The zero-order valence-electron chi connectivity index (χ0n) is 7.51. The Morgan fingerprint density at radius 2 is 1.29 bits per heavy atom. The van der Waals surface area contributed by atoms with Crippen LogP contribution in [-0.4, -0.2) is 34.7 Å². The summed E-state index contributed by atoms with van der Waals surface area (Å²) in [6, 6.07) is 0. The average Bonchev–Trinajstić information content (AvgIpc) is 2.06. The van der Waals surface area contributed by atoms with E-state index < -0.39 is 24.5 Å². The van der Waals surface area contributed by atoms with E-state index in [2.05, 4.69) is 9.47 Å². The molecule has 0 spiro atoms. The van der Waals surface area contributed by atoms with Gasteiger partial charge in [-0.3, -0.25) is 0 Å². The monoisotopic (exact) mass is 204 g/mol. The molecule has 1 aliphatic rings. The number of carboxylic acid groups (broad SMARTS) is 2. The summed E-state index contributed by atoms with van der Waals surface area (Å²) in [4.78, 5) is 20.5. The molecule has 1 aliphatic carbocycles. The van der Waals surface area contributed by atoms with E-state index >= 15 is 0 Å². The minimum Gasteiger partial charge on any atom is -0.450 e. The van der Waals surface area contributed by atoms with E-state index in [1.54, 1.807) is 0 Å². The first-order valence-electron chi connectivity index (χ1n) is 4.38. The largest absolute Gasteiger partial charge is 0.506 e. The second kappa shape index (κ2) is 4.69. The van der Waals surface area contributed by atoms with Gasteiger partial charge in [0.2, 0.25) is 0 Å². The van der Waals surface area contributed by atoms with Crippen molar-refractivity contribution < 1.29 is 29.3 Å². The highest BCUT2D eigenvalue weighted by Gasteiger charge is 2.31. The molecule has 1 fully saturated rings. The minimum atomic E-state index is -1.39. The summed E-state index contributed by atoms with van der Waals surface area (Å²) in [5.74, 6) is 0. The Balaban J connectivity index is 2.49. The Bertz CT molecular complexity index is 202. The van der Waals surface area contributed by atoms with Crippen molar-refractivity contribution in [1.82, 2.24) is 0 Å². The lowest BCUT2D eigenvalue weighted by Gasteiger charge is -2.28. The summed E-state index contributed by atoms with van der Waals surface area (Å²) >= 11 is 0. The van der Waals surface area contributed by atoms with Gasteiger partial charge in [-0.15, -0.1) is 0 Å². The molecule has 0 amide bonds. The molecule has 14 heavy (non-hydrogen) atoms. The first-order chi connectivity index (χ1) is 6.59. The third kappa shape index (κ3) is 3.12. The highest BCUT2D eigenvalue weighted by atomic mass is 16.7. The number of hydrogen-bond donors (Lipinski definition) is 2. The van der Waals surface area contributed by atoms with E-state index in [0.29, 0.717) is 12.8 Å². The smallest absolute Gasteiger partial charge is 0.450 e. The maximum atomic E-state index is 10.3. The van der Waals surface area contributed by atoms with Crippen molar-refractivity contribution in [2.24, 2.45) is 0 Å². The van der Waals surface area contributed by atoms with Crippen LogP contribution in [0.3, 0.4) is 0 Å². The van der Waals surface area contributed by atoms with Crippen molar-refractivity contribution in [1.29, 1.82) is 0 Å². The van der Waals surface area contributed by atoms with Gasteiger partial charge < -0.3 is 19.7 Å². The number of hydrogen-bond acceptors (Lipinski definition) is 4. The lowest BCUT2D eigenvalue weighted by Crippen LogP contribution is -2.37. The second-order valence-corrected chi connectivity index (χ2v) is 3.13. The van der Waals surface area contributed by atoms with Gasteiger partial charge >= 0.3 is 12.3 Å². The Kier molecular flexibility index (Phi) is 3.55. The van der Waals surface area contributed by atoms with Gasteiger partial charge in [0.15, 0.2) is 0 Å². The molecule has 1 rings (SSSR count). The first-order valence-corrected chi connectivity index (χ1v) is 4.38. The second-order valence-electron chi connectivity index (χ2n) is 3.13. The van der Waals surface area contributed by atoms with Crippen LogP contribution < -0.4 is 0 Å². The lowest BCUT2D eigenvalue weighted by atomic mass is 9.95. The van der Waals surface area contributed by atoms with Crippen molar-refractivity contribution in [2.75, 3.05) is 0 Å². The fourth-order valence-electron chi connectivity index (χ4n) is 1.59. The van der Waals surface area contributed by atoms with Crippen LogP contribution in [0, 0.1) is 0 Å². The van der Waals surface area contributed by atoms with Crippen molar-refractivity contribution in [3.63, 3.8) is 0 Å². The molecule has 2 N–H and O–H groups in total. The van der Waals surface area contributed by atoms with Crippen LogP contribution >= 0.6 is 0 Å². The summed E-state index contributed by atoms with van der Waals surface area (Å²) in [5.41, 5.74) is 0. The van der Waals surface area contributed by atoms with E-state index in [9.17, 15) is 9.59 Å². The fraction of sp³-hybridized carbons (Fsp3) is 0.750. The molecule has 0 aromatic rings. The van der Waals surface area contributed by atoms with Gasteiger partial charge in [0.05, 0.1) is 0 Å². The van der Waals surface area contributed by atoms with Gasteiger partial charge in [-0.1, -0.05) is 0 Å². The van der Waals surface area contributed by atoms with E-state index in [1.807, 2.05) is 0 Å². The molecule has 0 unspecified atom stereocenters. The van der Waals surface area contributed by atoms with Crippen LogP contribution in [0.15, 0.2) is 0 Å². The number of carbonyl (C=O) groups is 2. The van der Waals surface area contributed by atoms with Crippen molar-refractivity contribution in [2.45, 2.75) is 37.9 Å². The molecule has 80 valence electrons. The summed E-state index contributed by atoms with van der Waals surface area (Å²) in [7, 11) is 0. The summed E-state index contributed by atoms with van der Waals surface area (Å²) in [6.45, 7) is 0. The molecule has 0 aliphatic heterocycles. The van der Waals surface area contributed by atoms with Gasteiger partial charge in [0.1, 0.15) is 12.2 Å². The molecule has 0 saturated heterocycles. The van der Waals surface area contributed by atoms with Crippen LogP contribution in [0.2, 0.25) is 0 Å². The normalized spacial score (nSPS) is 26.6. The topological polar surface area (TPSA) is 93.1 Å². The Morgan fingerprint density at radius 3 is 1.57 bits per heavy atom. The average molecular weight is 204 g/mol. The van der Waals surface area contributed by atoms with Crippen molar-refractivity contribution in [3.8, 4) is 0 Å². The van der Waals surface area contributed by atoms with Crippen molar-refractivity contribution in [3.05, 3.63) is 0 Å². The zero-order valence-corrected chi connectivity index (χ0v) is 7.51. The molecule has 0 heterocycles. The van der Waals surface area contributed by atoms with Crippen molar-refractivity contribution >= 4 is 12.3 Å². The predicted octanol–water partition coefficient (Wildman–Crippen LogP) is 1.69. The van der Waals surface area contributed by atoms with Crippen LogP contribution in [-0.2, 0) is 9.47 Å². The fourth-order valence-corrected chi connectivity index (χ4v) is 1.59. The third-order valence-electron chi connectivity index (χ3n) is 2.15. The zero-order chi connectivity index (χ0) is 10.6. The highest BCUT2D eigenvalue weighted by molar-refractivity contribution is 5.58. The quantitative estimate of drug-likeness (QED) is 0.665. The molecule has 6 heteroatoms. The standard InChI is InChI=1S/C8H12O6/c9-7(10)13-5-3-1-2-4-6(5)14-8(11)12/h5-6H,1-4H2,(H,9,10)(H,11,12)/t5-,6-/m1/s1. The van der Waals surface area contributed by atoms with Gasteiger partial charge in [0, 0.05) is 0 Å². The van der Waals surface area contributed by atoms with Gasteiger partial charge in [-0.05, 0) is 25.7 Å². The Morgan fingerprint density at radius 1 is 0.929 bits per heavy atom. The number of rotatable bonds is 2. The molecule has 2 atom stereocenters. The summed E-state index contributed by atoms with van der Waals surface area (Å²) in [5, 5.41) is 16.8. The maximum absolute atomic E-state index is 10.3. The molecule has 0 bridgehead atoms. The molecule has 1 saturated carbocycles. The molecular weight excluding hydrogens is 192 g/mol. The highest BCUT2D eigenvalue weighted by Crippen LogP contribution is 2.24. The Hall–Kier alpha value is -1.46. The molecule has 0 aromatic carbocycles.